The van der Waals surface area contributed by atoms with E-state index < -0.39 is 119 Å². The molecule has 0 radical (unpaired) electrons. The summed E-state index contributed by atoms with van der Waals surface area (Å²) in [4.78, 5) is 111. The third-order valence-electron chi connectivity index (χ3n) is 8.89. The molecule has 0 aromatic carbocycles. The smallest absolute Gasteiger partial charge is 0.394 e. The van der Waals surface area contributed by atoms with Crippen molar-refractivity contribution in [3.05, 3.63) is 95.8 Å². The second kappa shape index (κ2) is 22.2. The molecule has 358 valence electrons. The van der Waals surface area contributed by atoms with E-state index >= 15 is 0 Å². The van der Waals surface area contributed by atoms with Gasteiger partial charge in [-0.25, -0.2) is 28.1 Å². The van der Waals surface area contributed by atoms with Crippen molar-refractivity contribution in [3.63, 3.8) is 0 Å². The molecule has 11 atom stereocenters. The van der Waals surface area contributed by atoms with Crippen LogP contribution in [0.15, 0.2) is 47.4 Å². The average molecular weight is 1100 g/mol. The van der Waals surface area contributed by atoms with Crippen molar-refractivity contribution in [3.8, 4) is 24.7 Å². The zero-order valence-corrected chi connectivity index (χ0v) is 37.4. The molecular weight excluding hydrogens is 1060 g/mol. The van der Waals surface area contributed by atoms with Gasteiger partial charge in [0.2, 0.25) is 0 Å². The van der Waals surface area contributed by atoms with Crippen LogP contribution < -0.4 is 33.7 Å². The van der Waals surface area contributed by atoms with E-state index in [1.165, 1.54) is 17.0 Å². The first-order valence-corrected chi connectivity index (χ1v) is 23.5. The molecule has 0 bridgehead atoms. The van der Waals surface area contributed by atoms with Crippen molar-refractivity contribution in [1.29, 1.82) is 0 Å². The fourth-order valence-electron chi connectivity index (χ4n) is 5.89. The summed E-state index contributed by atoms with van der Waals surface area (Å²) in [5, 5.41) is 47.0. The molecule has 34 heteroatoms. The lowest BCUT2D eigenvalue weighted by Crippen LogP contribution is -2.33. The van der Waals surface area contributed by atoms with E-state index in [1.807, 2.05) is 10.9 Å². The summed E-state index contributed by atoms with van der Waals surface area (Å²) in [6, 6.07) is 0. The van der Waals surface area contributed by atoms with Gasteiger partial charge in [0.15, 0.2) is 0 Å². The minimum atomic E-state index is -5.69. The standard InChI is InChI=1S/C11H15N2O14P3.C11H12N2O5.C9H11IN2O5/c1-2-6-4-13(11(16)12-10(6)15)9-3-7(14)8(25-9)5-24-29(20,21)27-30(22,23)26-28(17,18)19;1-2-6-4-13(11(17)12-10(6)16)9-3-7(15)8(5-14)18-9;10-4-2-12(9(16)11-8(4)15)7-1-5(14)6(3-13)17-7/h1,4,7-9,14H,3,5H2,(H,20,21)(H,22,23)(H,12,15,16)(H2,17,18,19);1,4,7-9,14-15H,3,5H2,(H,12,16,17);2,5-7,13-14H,1,3H2,(H,11,15,16)/t2*7?,8-,9-;5?,6-,7-/m111/s1. The van der Waals surface area contributed by atoms with Gasteiger partial charge in [0.05, 0.1) is 41.7 Å². The fraction of sp³-hybridized carbons (Fsp3) is 0.484. The van der Waals surface area contributed by atoms with Crippen LogP contribution in [0.2, 0.25) is 0 Å². The number of nitrogens with one attached hydrogen (secondary N) is 3. The number of ether oxygens (including phenoxy) is 3. The van der Waals surface area contributed by atoms with Gasteiger partial charge in [-0.3, -0.25) is 47.6 Å². The summed E-state index contributed by atoms with van der Waals surface area (Å²) < 4.78 is 64.4. The van der Waals surface area contributed by atoms with Gasteiger partial charge in [0.25, 0.3) is 16.7 Å². The van der Waals surface area contributed by atoms with E-state index in [1.54, 1.807) is 22.6 Å². The van der Waals surface area contributed by atoms with Crippen LogP contribution in [0.4, 0.5) is 0 Å². The van der Waals surface area contributed by atoms with Crippen molar-refractivity contribution in [2.24, 2.45) is 0 Å². The van der Waals surface area contributed by atoms with Crippen molar-refractivity contribution >= 4 is 46.1 Å². The Morgan fingerprint density at radius 3 is 1.37 bits per heavy atom. The van der Waals surface area contributed by atoms with E-state index in [4.69, 9.17) is 52.0 Å². The van der Waals surface area contributed by atoms with Crippen LogP contribution in [0.25, 0.3) is 0 Å². The summed E-state index contributed by atoms with van der Waals surface area (Å²) in [5.74, 6) is 4.19. The van der Waals surface area contributed by atoms with Crippen molar-refractivity contribution in [2.75, 3.05) is 19.8 Å². The van der Waals surface area contributed by atoms with Gasteiger partial charge in [-0.15, -0.1) is 12.8 Å². The molecule has 0 spiro atoms. The minimum Gasteiger partial charge on any atom is -0.394 e. The number of aromatic amines is 3. The Morgan fingerprint density at radius 1 is 0.631 bits per heavy atom. The van der Waals surface area contributed by atoms with Gasteiger partial charge < -0.3 is 59.3 Å². The number of rotatable bonds is 12. The number of hydrogen-bond donors (Lipinski definition) is 12. The monoisotopic (exact) mass is 1100 g/mol. The van der Waals surface area contributed by atoms with Crippen LogP contribution in [0.5, 0.6) is 0 Å². The Morgan fingerprint density at radius 2 is 1.00 bits per heavy atom. The predicted octanol–water partition coefficient (Wildman–Crippen LogP) is -4.55. The number of aromatic nitrogens is 6. The molecule has 6 heterocycles. The summed E-state index contributed by atoms with van der Waals surface area (Å²) in [6.07, 6.45) is 5.53. The number of aliphatic hydroxyl groups is 5. The number of halogens is 1. The molecule has 0 saturated carbocycles. The van der Waals surface area contributed by atoms with Crippen LogP contribution in [-0.2, 0) is 41.1 Å². The molecule has 3 aliphatic rings. The minimum absolute atomic E-state index is 0.000128. The highest BCUT2D eigenvalue weighted by Gasteiger charge is 2.43. The van der Waals surface area contributed by atoms with Crippen LogP contribution >= 0.6 is 46.1 Å². The summed E-state index contributed by atoms with van der Waals surface area (Å²) in [7, 11) is -16.7. The molecular formula is C31H38IN6O24P3. The lowest BCUT2D eigenvalue weighted by molar-refractivity contribution is -0.0459. The average Bonchev–Trinajstić information content (AvgIpc) is 3.89. The third kappa shape index (κ3) is 14.5. The van der Waals surface area contributed by atoms with E-state index in [2.05, 4.69) is 29.0 Å². The Hall–Kier alpha value is -4.02. The van der Waals surface area contributed by atoms with Gasteiger partial charge in [0, 0.05) is 37.9 Å². The van der Waals surface area contributed by atoms with Gasteiger partial charge in [-0.05, 0) is 22.6 Å². The summed E-state index contributed by atoms with van der Waals surface area (Å²) in [6.45, 7) is -1.58. The largest absolute Gasteiger partial charge is 0.490 e. The zero-order valence-electron chi connectivity index (χ0n) is 32.5. The first-order chi connectivity index (χ1) is 30.2. The lowest BCUT2D eigenvalue weighted by Gasteiger charge is -2.19. The maximum atomic E-state index is 11.9. The second-order valence-corrected chi connectivity index (χ2v) is 19.0. The highest BCUT2D eigenvalue weighted by atomic mass is 127. The number of terminal acetylenes is 2. The normalized spacial score (nSPS) is 26.9. The predicted molar refractivity (Wildman–Crippen MR) is 220 cm³/mol. The lowest BCUT2D eigenvalue weighted by atomic mass is 10.2. The first-order valence-electron chi connectivity index (χ1n) is 17.9. The number of phosphoric acid groups is 3. The molecule has 3 aromatic rings. The highest BCUT2D eigenvalue weighted by Crippen LogP contribution is 2.66. The maximum absolute atomic E-state index is 11.9. The second-order valence-electron chi connectivity index (χ2n) is 13.4. The highest BCUT2D eigenvalue weighted by molar-refractivity contribution is 14.1. The first kappa shape index (κ1) is 53.6. The number of aliphatic hydroxyl groups excluding tert-OH is 5. The quantitative estimate of drug-likeness (QED) is 0.0462. The number of phosphoric ester groups is 1. The molecule has 3 saturated heterocycles. The topological polar surface area (TPSA) is 453 Å². The van der Waals surface area contributed by atoms with Crippen molar-refractivity contribution in [2.45, 2.75) is 74.6 Å². The Balaban J connectivity index is 0.000000226. The third-order valence-corrected chi connectivity index (χ3v) is 13.5. The molecule has 0 amide bonds. The molecule has 65 heavy (non-hydrogen) atoms. The Labute approximate surface area is 374 Å². The van der Waals surface area contributed by atoms with Crippen LogP contribution in [0.1, 0.15) is 49.1 Å². The van der Waals surface area contributed by atoms with Gasteiger partial charge in [-0.1, -0.05) is 11.8 Å². The summed E-state index contributed by atoms with van der Waals surface area (Å²) >= 11 is 1.80. The van der Waals surface area contributed by atoms with E-state index in [9.17, 15) is 62.7 Å². The number of H-pyrrole nitrogens is 3. The van der Waals surface area contributed by atoms with Gasteiger partial charge in [0.1, 0.15) is 48.1 Å². The maximum Gasteiger partial charge on any atom is 0.490 e. The molecule has 30 nitrogen and oxygen atoms in total. The van der Waals surface area contributed by atoms with Crippen LogP contribution in [0, 0.1) is 28.3 Å². The van der Waals surface area contributed by atoms with Gasteiger partial charge >= 0.3 is 40.5 Å². The van der Waals surface area contributed by atoms with Crippen LogP contribution in [-0.4, -0.2) is 130 Å². The molecule has 3 aromatic heterocycles. The Bertz CT molecular complexity index is 2800. The molecule has 6 rings (SSSR count). The fourth-order valence-corrected chi connectivity index (χ4v) is 9.35. The summed E-state index contributed by atoms with van der Waals surface area (Å²) in [5.41, 5.74) is -4.29. The number of nitrogens with zero attached hydrogens (tertiary/aromatic N) is 3. The molecule has 0 aliphatic carbocycles. The van der Waals surface area contributed by atoms with E-state index in [-0.39, 0.29) is 43.6 Å². The number of hydrogen-bond acceptors (Lipinski definition) is 20. The molecule has 3 aliphatic heterocycles. The molecule has 3 fully saturated rings. The van der Waals surface area contributed by atoms with Crippen molar-refractivity contribution in [1.82, 2.24) is 28.7 Å². The van der Waals surface area contributed by atoms with Gasteiger partial charge in [-0.2, -0.15) is 8.62 Å². The van der Waals surface area contributed by atoms with Crippen molar-refractivity contribution < 1.29 is 86.2 Å². The zero-order chi connectivity index (χ0) is 48.8. The Kier molecular flexibility index (Phi) is 18.3. The van der Waals surface area contributed by atoms with E-state index in [0.717, 1.165) is 15.3 Å². The SMILES string of the molecule is C#Cc1cn([C@H]2CC(O)[C@@H](CO)O2)c(=O)[nH]c1=O.C#Cc1cn([C@H]2CC(O)[C@@H](COP(=O)(O)OP(=O)(O)OP(=O)(O)O)O2)c(=O)[nH]c1=O.O=c1[nH]c(=O)n([C@H]2CC(O)[C@@H](CO)O2)cc1I. The van der Waals surface area contributed by atoms with E-state index in [0.29, 0.717) is 3.57 Å². The van der Waals surface area contributed by atoms with Crippen LogP contribution in [0.3, 0.4) is 0 Å². The molecule has 5 unspecified atom stereocenters. The molecule has 12 N–H and O–H groups in total.